The third kappa shape index (κ3) is 8.13. The number of ether oxygens (including phenoxy) is 1. The minimum atomic E-state index is -3.86. The lowest BCUT2D eigenvalue weighted by Crippen LogP contribution is -2.52. The Bertz CT molecular complexity index is 1800. The van der Waals surface area contributed by atoms with Gasteiger partial charge in [0.05, 0.1) is 36.4 Å². The lowest BCUT2D eigenvalue weighted by Gasteiger charge is -2.48. The van der Waals surface area contributed by atoms with Crippen LogP contribution in [-0.2, 0) is 26.6 Å². The van der Waals surface area contributed by atoms with E-state index in [1.165, 1.54) is 11.1 Å². The molecule has 2 heterocycles. The minimum Gasteiger partial charge on any atom is -0.382 e. The number of nitrogens with one attached hydrogen (secondary N) is 2. The topological polar surface area (TPSA) is 111 Å². The molecule has 1 saturated heterocycles. The van der Waals surface area contributed by atoms with Crippen molar-refractivity contribution in [3.05, 3.63) is 70.3 Å². The van der Waals surface area contributed by atoms with Crippen LogP contribution >= 0.6 is 11.6 Å². The van der Waals surface area contributed by atoms with Gasteiger partial charge in [-0.2, -0.15) is 0 Å². The number of allylic oxidation sites excluding steroid dienone is 1. The quantitative estimate of drug-likeness (QED) is 0.225. The average molecular weight is 737 g/mol. The van der Waals surface area contributed by atoms with E-state index in [2.05, 4.69) is 43.8 Å². The summed E-state index contributed by atoms with van der Waals surface area (Å²) in [5.41, 5.74) is 3.13. The fourth-order valence-electron chi connectivity index (χ4n) is 8.26. The van der Waals surface area contributed by atoms with Gasteiger partial charge in [0.2, 0.25) is 10.0 Å². The van der Waals surface area contributed by atoms with Crippen LogP contribution in [0.2, 0.25) is 5.02 Å². The van der Waals surface area contributed by atoms with Crippen LogP contribution < -0.4 is 14.9 Å². The van der Waals surface area contributed by atoms with Crippen LogP contribution in [0.15, 0.2) is 48.6 Å². The van der Waals surface area contributed by atoms with Crippen LogP contribution in [0.4, 0.5) is 11.4 Å². The Balaban J connectivity index is 1.33. The van der Waals surface area contributed by atoms with Crippen molar-refractivity contribution in [2.24, 2.45) is 17.8 Å². The molecule has 2 fully saturated rings. The molecule has 1 spiro atoms. The standard InChI is InChI=1S/C40H53ClN4O5S/c1-5-15-40(47,17-7-18-44-19-21-50-22-20-44)35-12-9-32(35)25-45-27-39(16-6-8-30-23-33(41)11-13-34(30)39)26-42-36-14-10-31(24-37(36)45)38(46)43-51(48,49)29(4)28(2)3/h5,10-11,13-15,23-24,28-29,32,35,42,47H,6,8-9,12,16,18-22,25-27H2,1-4H3,(H,43,46)/b15-5+/t29-,32+,35-,39-,40+/m1/s1. The first-order valence-corrected chi connectivity index (χ1v) is 20.4. The molecule has 51 heavy (non-hydrogen) atoms. The van der Waals surface area contributed by atoms with Crippen LogP contribution in [0.25, 0.3) is 0 Å². The van der Waals surface area contributed by atoms with Gasteiger partial charge in [0.25, 0.3) is 5.91 Å². The van der Waals surface area contributed by atoms with E-state index < -0.39 is 26.8 Å². The number of hydrogen-bond acceptors (Lipinski definition) is 8. The highest BCUT2D eigenvalue weighted by Crippen LogP contribution is 2.47. The van der Waals surface area contributed by atoms with Gasteiger partial charge in [-0.1, -0.05) is 49.4 Å². The first kappa shape index (κ1) is 37.7. The van der Waals surface area contributed by atoms with Crippen molar-refractivity contribution < 1.29 is 23.1 Å². The van der Waals surface area contributed by atoms with E-state index in [1.54, 1.807) is 13.0 Å². The van der Waals surface area contributed by atoms with E-state index in [9.17, 15) is 18.3 Å². The van der Waals surface area contributed by atoms with Gasteiger partial charge >= 0.3 is 0 Å². The molecule has 0 bridgehead atoms. The Morgan fingerprint density at radius 1 is 1.20 bits per heavy atom. The second-order valence-electron chi connectivity index (χ2n) is 15.3. The number of aryl methyl sites for hydroxylation is 1. The second kappa shape index (κ2) is 15.5. The maximum Gasteiger partial charge on any atom is 0.264 e. The number of benzene rings is 2. The van der Waals surface area contributed by atoms with Crippen molar-refractivity contribution in [2.75, 3.05) is 62.7 Å². The summed E-state index contributed by atoms with van der Waals surface area (Å²) in [6.07, 6.45) is 8.53. The summed E-state index contributed by atoms with van der Waals surface area (Å²) in [4.78, 5) is 18.1. The predicted molar refractivity (Wildman–Crippen MR) is 205 cm³/mol. The lowest BCUT2D eigenvalue weighted by atomic mass is 9.64. The fraction of sp³-hybridized carbons (Fsp3) is 0.575. The van der Waals surface area contributed by atoms with Gasteiger partial charge in [0.15, 0.2) is 0 Å². The van der Waals surface area contributed by atoms with E-state index in [0.717, 1.165) is 61.6 Å². The first-order chi connectivity index (χ1) is 24.3. The van der Waals surface area contributed by atoms with E-state index in [4.69, 9.17) is 16.3 Å². The molecule has 1 saturated carbocycles. The number of carbonyl (C=O) groups is 1. The Kier molecular flexibility index (Phi) is 11.4. The summed E-state index contributed by atoms with van der Waals surface area (Å²) in [7, 11) is -3.86. The number of anilines is 2. The number of hydrogen-bond donors (Lipinski definition) is 3. The molecule has 0 aromatic heterocycles. The number of carbonyl (C=O) groups excluding carboxylic acids is 1. The molecule has 0 radical (unpaired) electrons. The largest absolute Gasteiger partial charge is 0.382 e. The zero-order valence-corrected chi connectivity index (χ0v) is 32.0. The maximum absolute atomic E-state index is 13.5. The van der Waals surface area contributed by atoms with Crippen molar-refractivity contribution in [1.82, 2.24) is 9.62 Å². The number of halogens is 1. The highest BCUT2D eigenvalue weighted by Gasteiger charge is 2.47. The molecule has 6 rings (SSSR count). The number of rotatable bonds is 9. The van der Waals surface area contributed by atoms with Crippen molar-refractivity contribution in [2.45, 2.75) is 76.1 Å². The molecule has 1 amide bonds. The average Bonchev–Trinajstić information content (AvgIpc) is 3.23. The van der Waals surface area contributed by atoms with Crippen LogP contribution in [0, 0.1) is 29.6 Å². The van der Waals surface area contributed by atoms with E-state index in [0.29, 0.717) is 39.4 Å². The van der Waals surface area contributed by atoms with Gasteiger partial charge in [-0.05, 0) is 105 Å². The number of amides is 1. The molecule has 2 aromatic carbocycles. The Labute approximate surface area is 309 Å². The second-order valence-corrected chi connectivity index (χ2v) is 17.8. The van der Waals surface area contributed by atoms with E-state index in [1.807, 2.05) is 51.1 Å². The summed E-state index contributed by atoms with van der Waals surface area (Å²) in [5.74, 6) is 5.85. The summed E-state index contributed by atoms with van der Waals surface area (Å²) in [6, 6.07) is 11.7. The van der Waals surface area contributed by atoms with Crippen LogP contribution in [0.3, 0.4) is 0 Å². The summed E-state index contributed by atoms with van der Waals surface area (Å²) < 4.78 is 33.9. The monoisotopic (exact) mass is 736 g/mol. The summed E-state index contributed by atoms with van der Waals surface area (Å²) in [5, 5.41) is 15.8. The van der Waals surface area contributed by atoms with Crippen molar-refractivity contribution in [1.29, 1.82) is 0 Å². The molecule has 3 N–H and O–H groups in total. The van der Waals surface area contributed by atoms with Gasteiger partial charge in [-0.15, -0.1) is 0 Å². The van der Waals surface area contributed by atoms with Gasteiger partial charge in [-0.3, -0.25) is 9.69 Å². The third-order valence-corrected chi connectivity index (χ3v) is 13.9. The number of morpholine rings is 1. The molecule has 9 nitrogen and oxygen atoms in total. The Morgan fingerprint density at radius 3 is 2.69 bits per heavy atom. The normalized spacial score (nSPS) is 25.4. The molecular formula is C40H53ClN4O5S. The number of sulfonamides is 1. The minimum absolute atomic E-state index is 0.0619. The summed E-state index contributed by atoms with van der Waals surface area (Å²) >= 11 is 6.47. The maximum atomic E-state index is 13.5. The number of fused-ring (bicyclic) bond motifs is 3. The predicted octanol–water partition coefficient (Wildman–Crippen LogP) is 5.62. The molecule has 2 aliphatic carbocycles. The zero-order chi connectivity index (χ0) is 36.4. The van der Waals surface area contributed by atoms with Gasteiger partial charge in [0, 0.05) is 54.6 Å². The molecule has 0 unspecified atom stereocenters. The molecule has 11 heteroatoms. The van der Waals surface area contributed by atoms with Crippen molar-refractivity contribution in [3.8, 4) is 11.8 Å². The van der Waals surface area contributed by atoms with E-state index >= 15 is 0 Å². The van der Waals surface area contributed by atoms with Crippen molar-refractivity contribution >= 4 is 38.9 Å². The molecule has 4 aliphatic rings. The molecular weight excluding hydrogens is 684 g/mol. The Hall–Kier alpha value is -3.07. The number of nitrogens with zero attached hydrogens (tertiary/aromatic N) is 2. The van der Waals surface area contributed by atoms with Crippen molar-refractivity contribution in [3.63, 3.8) is 0 Å². The smallest absolute Gasteiger partial charge is 0.264 e. The van der Waals surface area contributed by atoms with Gasteiger partial charge < -0.3 is 20.1 Å². The fourth-order valence-corrected chi connectivity index (χ4v) is 9.73. The lowest BCUT2D eigenvalue weighted by molar-refractivity contribution is -0.00320. The summed E-state index contributed by atoms with van der Waals surface area (Å²) in [6.45, 7) is 12.9. The SMILES string of the molecule is C/C=C/[C@](O)(C#CCN1CCOCC1)[C@@H]1CC[C@H]1CN1C[C@@]2(CCCc3cc(Cl)ccc32)CNc2ccc(C(=O)NS(=O)(=O)[C@H](C)C(C)C)cc21. The molecule has 276 valence electrons. The Morgan fingerprint density at radius 2 is 1.98 bits per heavy atom. The van der Waals surface area contributed by atoms with Gasteiger partial charge in [0.1, 0.15) is 5.60 Å². The molecule has 5 atom stereocenters. The zero-order valence-electron chi connectivity index (χ0n) is 30.4. The van der Waals surface area contributed by atoms with Crippen LogP contribution in [0.5, 0.6) is 0 Å². The number of aliphatic hydroxyl groups is 1. The van der Waals surface area contributed by atoms with Crippen LogP contribution in [-0.4, -0.2) is 87.7 Å². The van der Waals surface area contributed by atoms with Gasteiger partial charge in [-0.25, -0.2) is 13.1 Å². The third-order valence-electron chi connectivity index (χ3n) is 11.7. The first-order valence-electron chi connectivity index (χ1n) is 18.5. The highest BCUT2D eigenvalue weighted by atomic mass is 35.5. The molecule has 2 aromatic rings. The van der Waals surface area contributed by atoms with E-state index in [-0.39, 0.29) is 28.7 Å². The van der Waals surface area contributed by atoms with Crippen LogP contribution in [0.1, 0.15) is 74.9 Å². The molecule has 2 aliphatic heterocycles. The highest BCUT2D eigenvalue weighted by molar-refractivity contribution is 7.90.